The van der Waals surface area contributed by atoms with Gasteiger partial charge in [0.25, 0.3) is 0 Å². The van der Waals surface area contributed by atoms with Crippen LogP contribution in [0.25, 0.3) is 0 Å². The standard InChI is InChI=1S/C8H8F.ClH.Mg/c1-6-3-4-8(9)7(2)5-6;;/h3-5H,1H2,2H3;1H;/q-1;;+2/p-1. The van der Waals surface area contributed by atoms with Gasteiger partial charge in [-0.05, 0) is 6.92 Å². The molecular formula is C8H8ClFMg. The van der Waals surface area contributed by atoms with Crippen LogP contribution in [0.15, 0.2) is 18.2 Å². The number of benzene rings is 1. The van der Waals surface area contributed by atoms with E-state index in [1.807, 2.05) is 0 Å². The van der Waals surface area contributed by atoms with E-state index in [4.69, 9.17) is 0 Å². The molecular weight excluding hydrogens is 175 g/mol. The summed E-state index contributed by atoms with van der Waals surface area (Å²) in [5, 5.41) is 0. The quantitative estimate of drug-likeness (QED) is 0.355. The minimum Gasteiger partial charge on any atom is -1.00 e. The molecule has 11 heavy (non-hydrogen) atoms. The number of hydrogen-bond donors (Lipinski definition) is 0. The van der Waals surface area contributed by atoms with E-state index in [1.165, 1.54) is 6.07 Å². The van der Waals surface area contributed by atoms with Gasteiger partial charge in [0.2, 0.25) is 0 Å². The predicted octanol–water partition coefficient (Wildman–Crippen LogP) is -1.06. The molecule has 0 nitrogen and oxygen atoms in total. The Bertz CT molecular complexity index is 225. The Morgan fingerprint density at radius 3 is 2.27 bits per heavy atom. The maximum Gasteiger partial charge on any atom is 2.00 e. The van der Waals surface area contributed by atoms with Crippen molar-refractivity contribution in [3.63, 3.8) is 0 Å². The molecule has 0 saturated heterocycles. The van der Waals surface area contributed by atoms with Crippen LogP contribution in [0.4, 0.5) is 4.39 Å². The molecule has 0 atom stereocenters. The normalized spacial score (nSPS) is 7.82. The second-order valence-corrected chi connectivity index (χ2v) is 2.08. The van der Waals surface area contributed by atoms with E-state index in [0.717, 1.165) is 5.56 Å². The van der Waals surface area contributed by atoms with Crippen molar-refractivity contribution in [3.8, 4) is 0 Å². The van der Waals surface area contributed by atoms with Gasteiger partial charge in [0, 0.05) is 0 Å². The number of hydrogen-bond acceptors (Lipinski definition) is 0. The zero-order valence-corrected chi connectivity index (χ0v) is 8.57. The Labute approximate surface area is 88.7 Å². The first-order chi connectivity index (χ1) is 4.20. The molecule has 0 bridgehead atoms. The van der Waals surface area contributed by atoms with Crippen LogP contribution >= 0.6 is 0 Å². The summed E-state index contributed by atoms with van der Waals surface area (Å²) in [6.45, 7) is 5.38. The molecule has 0 radical (unpaired) electrons. The van der Waals surface area contributed by atoms with Crippen molar-refractivity contribution in [2.75, 3.05) is 0 Å². The fraction of sp³-hybridized carbons (Fsp3) is 0.125. The van der Waals surface area contributed by atoms with Crippen LogP contribution in [0.2, 0.25) is 0 Å². The van der Waals surface area contributed by atoms with E-state index in [0.29, 0.717) is 5.56 Å². The van der Waals surface area contributed by atoms with E-state index in [9.17, 15) is 4.39 Å². The van der Waals surface area contributed by atoms with Crippen molar-refractivity contribution >= 4 is 23.1 Å². The van der Waals surface area contributed by atoms with Crippen LogP contribution in [0.3, 0.4) is 0 Å². The third kappa shape index (κ3) is 3.84. The second-order valence-electron chi connectivity index (χ2n) is 2.08. The Morgan fingerprint density at radius 1 is 1.36 bits per heavy atom. The van der Waals surface area contributed by atoms with Crippen molar-refractivity contribution in [2.24, 2.45) is 0 Å². The van der Waals surface area contributed by atoms with E-state index in [-0.39, 0.29) is 41.3 Å². The van der Waals surface area contributed by atoms with E-state index < -0.39 is 0 Å². The van der Waals surface area contributed by atoms with Gasteiger partial charge in [-0.15, -0.1) is 0 Å². The first kappa shape index (κ1) is 13.7. The fourth-order valence-electron chi connectivity index (χ4n) is 0.707. The van der Waals surface area contributed by atoms with Gasteiger partial charge in [-0.2, -0.15) is 24.6 Å². The first-order valence-electron chi connectivity index (χ1n) is 2.78. The minimum atomic E-state index is -0.164. The second kappa shape index (κ2) is 5.69. The maximum absolute atomic E-state index is 12.5. The Hall–Kier alpha value is 0.0762. The zero-order valence-electron chi connectivity index (χ0n) is 6.40. The molecule has 1 aromatic rings. The maximum atomic E-state index is 12.5. The third-order valence-electron chi connectivity index (χ3n) is 1.22. The number of aryl methyl sites for hydroxylation is 1. The number of rotatable bonds is 0. The van der Waals surface area contributed by atoms with Gasteiger partial charge in [-0.25, -0.2) is 4.39 Å². The molecule has 0 aliphatic carbocycles. The summed E-state index contributed by atoms with van der Waals surface area (Å²) >= 11 is 0. The molecule has 3 heteroatoms. The molecule has 1 rings (SSSR count). The van der Waals surface area contributed by atoms with Crippen molar-refractivity contribution in [1.82, 2.24) is 0 Å². The van der Waals surface area contributed by atoms with E-state index in [1.54, 1.807) is 19.1 Å². The summed E-state index contributed by atoms with van der Waals surface area (Å²) < 4.78 is 12.5. The van der Waals surface area contributed by atoms with Gasteiger partial charge in [-0.3, -0.25) is 0 Å². The molecule has 0 fully saturated rings. The summed E-state index contributed by atoms with van der Waals surface area (Å²) in [4.78, 5) is 0. The molecule has 0 aromatic heterocycles. The smallest absolute Gasteiger partial charge is 1.00 e. The van der Waals surface area contributed by atoms with Gasteiger partial charge < -0.3 is 12.4 Å². The number of halogens is 2. The zero-order chi connectivity index (χ0) is 6.85. The molecule has 0 aliphatic heterocycles. The molecule has 0 amide bonds. The summed E-state index contributed by atoms with van der Waals surface area (Å²) in [7, 11) is 0. The van der Waals surface area contributed by atoms with Crippen LogP contribution in [0.1, 0.15) is 11.1 Å². The molecule has 0 heterocycles. The Kier molecular flexibility index (Phi) is 7.06. The van der Waals surface area contributed by atoms with Crippen molar-refractivity contribution in [1.29, 1.82) is 0 Å². The van der Waals surface area contributed by atoms with Crippen LogP contribution in [0.5, 0.6) is 0 Å². The average molecular weight is 183 g/mol. The first-order valence-corrected chi connectivity index (χ1v) is 2.78. The largest absolute Gasteiger partial charge is 2.00 e. The minimum absolute atomic E-state index is 0. The van der Waals surface area contributed by atoms with Gasteiger partial charge >= 0.3 is 23.1 Å². The van der Waals surface area contributed by atoms with Gasteiger partial charge in [0.15, 0.2) is 0 Å². The Morgan fingerprint density at radius 2 is 1.91 bits per heavy atom. The van der Waals surface area contributed by atoms with Crippen LogP contribution in [-0.2, 0) is 0 Å². The molecule has 0 aliphatic rings. The SMILES string of the molecule is [CH2-]c1ccc(F)c(C)c1.[Cl-].[Mg+2]. The van der Waals surface area contributed by atoms with Gasteiger partial charge in [0.05, 0.1) is 0 Å². The predicted molar refractivity (Wildman–Crippen MR) is 41.4 cm³/mol. The monoisotopic (exact) mass is 182 g/mol. The summed E-state index contributed by atoms with van der Waals surface area (Å²) in [6, 6.07) is 4.80. The van der Waals surface area contributed by atoms with Crippen LogP contribution < -0.4 is 12.4 Å². The van der Waals surface area contributed by atoms with Crippen molar-refractivity contribution in [2.45, 2.75) is 6.92 Å². The molecule has 0 saturated carbocycles. The van der Waals surface area contributed by atoms with E-state index >= 15 is 0 Å². The molecule has 0 N–H and O–H groups in total. The Balaban J connectivity index is 0. The fourth-order valence-corrected chi connectivity index (χ4v) is 0.707. The topological polar surface area (TPSA) is 0 Å². The van der Waals surface area contributed by atoms with Crippen molar-refractivity contribution in [3.05, 3.63) is 42.1 Å². The molecule has 0 unspecified atom stereocenters. The molecule has 56 valence electrons. The average Bonchev–Trinajstić information content (AvgIpc) is 1.80. The molecule has 1 aromatic carbocycles. The van der Waals surface area contributed by atoms with Crippen LogP contribution in [-0.4, -0.2) is 23.1 Å². The summed E-state index contributed by atoms with van der Waals surface area (Å²) in [5.74, 6) is -0.164. The third-order valence-corrected chi connectivity index (χ3v) is 1.22. The van der Waals surface area contributed by atoms with E-state index in [2.05, 4.69) is 6.92 Å². The van der Waals surface area contributed by atoms with Crippen LogP contribution in [0, 0.1) is 19.7 Å². The van der Waals surface area contributed by atoms with Crippen molar-refractivity contribution < 1.29 is 16.8 Å². The molecule has 0 spiro atoms. The summed E-state index contributed by atoms with van der Waals surface area (Å²) in [6.07, 6.45) is 0. The van der Waals surface area contributed by atoms with Gasteiger partial charge in [0.1, 0.15) is 5.82 Å². The van der Waals surface area contributed by atoms with Gasteiger partial charge in [-0.1, -0.05) is 11.6 Å². The summed E-state index contributed by atoms with van der Waals surface area (Å²) in [5.41, 5.74) is 1.51.